The minimum absolute atomic E-state index is 0.196. The number of rotatable bonds is 5. The molecule has 4 nitrogen and oxygen atoms in total. The fraction of sp³-hybridized carbons (Fsp3) is 0.333. The van der Waals surface area contributed by atoms with E-state index < -0.39 is 11.6 Å². The third-order valence-corrected chi connectivity index (χ3v) is 3.15. The molecule has 2 rings (SSSR count). The Morgan fingerprint density at radius 2 is 1.81 bits per heavy atom. The van der Waals surface area contributed by atoms with Gasteiger partial charge in [0.05, 0.1) is 0 Å². The predicted molar refractivity (Wildman–Crippen MR) is 79.9 cm³/mol. The summed E-state index contributed by atoms with van der Waals surface area (Å²) in [6, 6.07) is 2.63. The van der Waals surface area contributed by atoms with Gasteiger partial charge in [0.2, 0.25) is 0 Å². The average Bonchev–Trinajstić information content (AvgIpc) is 2.48. The Bertz CT molecular complexity index is 644. The molecule has 1 aromatic heterocycles. The van der Waals surface area contributed by atoms with Crippen molar-refractivity contribution in [1.29, 1.82) is 0 Å². The second-order valence-electron chi connectivity index (χ2n) is 4.80. The largest absolute Gasteiger partial charge is 0.370 e. The molecule has 0 saturated carbocycles. The van der Waals surface area contributed by atoms with Crippen LogP contribution in [0.4, 0.5) is 26.1 Å². The van der Waals surface area contributed by atoms with Gasteiger partial charge >= 0.3 is 0 Å². The quantitative estimate of drug-likeness (QED) is 0.876. The Morgan fingerprint density at radius 3 is 2.52 bits per heavy atom. The summed E-state index contributed by atoms with van der Waals surface area (Å²) in [6.07, 6.45) is 2.31. The van der Waals surface area contributed by atoms with Gasteiger partial charge in [-0.15, -0.1) is 0 Å². The van der Waals surface area contributed by atoms with Gasteiger partial charge in [-0.2, -0.15) is 0 Å². The number of anilines is 3. The highest BCUT2D eigenvalue weighted by Gasteiger charge is 2.14. The lowest BCUT2D eigenvalue weighted by atomic mass is 10.2. The van der Waals surface area contributed by atoms with Crippen LogP contribution in [0.1, 0.15) is 24.5 Å². The lowest BCUT2D eigenvalue weighted by Gasteiger charge is -2.14. The molecule has 0 unspecified atom stereocenters. The third-order valence-electron chi connectivity index (χ3n) is 3.15. The van der Waals surface area contributed by atoms with Crippen LogP contribution in [0.3, 0.4) is 0 Å². The zero-order valence-electron chi connectivity index (χ0n) is 12.3. The first-order chi connectivity index (χ1) is 10.0. The van der Waals surface area contributed by atoms with Gasteiger partial charge in [-0.05, 0) is 31.9 Å². The van der Waals surface area contributed by atoms with Gasteiger partial charge in [-0.3, -0.25) is 0 Å². The minimum Gasteiger partial charge on any atom is -0.370 e. The van der Waals surface area contributed by atoms with Crippen molar-refractivity contribution in [3.8, 4) is 0 Å². The van der Waals surface area contributed by atoms with Crippen LogP contribution in [0.5, 0.6) is 0 Å². The Labute approximate surface area is 122 Å². The third kappa shape index (κ3) is 3.26. The summed E-state index contributed by atoms with van der Waals surface area (Å²) < 4.78 is 27.8. The number of hydrogen-bond donors (Lipinski definition) is 2. The monoisotopic (exact) mass is 292 g/mol. The van der Waals surface area contributed by atoms with E-state index >= 15 is 0 Å². The summed E-state index contributed by atoms with van der Waals surface area (Å²) in [5, 5.41) is 5.88. The zero-order chi connectivity index (χ0) is 15.4. The molecule has 0 amide bonds. The predicted octanol–water partition coefficient (Wildman–Crippen LogP) is 3.94. The standard InChI is InChI=1S/C15H18F2N4/c1-4-7-18-14-10(3)15(20-8-19-14)21-13-11(16)6-5-9(2)12(13)17/h5-6,8H,4,7H2,1-3H3,(H2,18,19,20,21). The number of nitrogens with zero attached hydrogens (tertiary/aromatic N) is 2. The molecular formula is C15H18F2N4. The molecule has 0 bridgehead atoms. The summed E-state index contributed by atoms with van der Waals surface area (Å²) in [5.41, 5.74) is 0.888. The van der Waals surface area contributed by atoms with Crippen LogP contribution in [0.15, 0.2) is 18.5 Å². The summed E-state index contributed by atoms with van der Waals surface area (Å²) in [6.45, 7) is 6.19. The maximum atomic E-state index is 14.0. The molecule has 0 saturated heterocycles. The second-order valence-corrected chi connectivity index (χ2v) is 4.80. The normalized spacial score (nSPS) is 10.5. The van der Waals surface area contributed by atoms with Crippen LogP contribution in [-0.2, 0) is 0 Å². The van der Waals surface area contributed by atoms with Crippen LogP contribution >= 0.6 is 0 Å². The molecule has 1 aromatic carbocycles. The summed E-state index contributed by atoms with van der Waals surface area (Å²) in [4.78, 5) is 8.19. The van der Waals surface area contributed by atoms with Gasteiger partial charge in [0, 0.05) is 12.1 Å². The lowest BCUT2D eigenvalue weighted by Crippen LogP contribution is -2.08. The van der Waals surface area contributed by atoms with Gasteiger partial charge in [0.15, 0.2) is 5.82 Å². The van der Waals surface area contributed by atoms with Gasteiger partial charge in [-0.1, -0.05) is 13.0 Å². The molecule has 0 aliphatic heterocycles. The van der Waals surface area contributed by atoms with Gasteiger partial charge in [0.25, 0.3) is 0 Å². The fourth-order valence-corrected chi connectivity index (χ4v) is 1.89. The van der Waals surface area contributed by atoms with Crippen LogP contribution in [0.2, 0.25) is 0 Å². The highest BCUT2D eigenvalue weighted by Crippen LogP contribution is 2.27. The molecule has 0 aliphatic carbocycles. The first kappa shape index (κ1) is 15.2. The van der Waals surface area contributed by atoms with Crippen molar-refractivity contribution in [3.63, 3.8) is 0 Å². The first-order valence-electron chi connectivity index (χ1n) is 6.81. The Balaban J connectivity index is 2.34. The van der Waals surface area contributed by atoms with Crippen LogP contribution < -0.4 is 10.6 Å². The van der Waals surface area contributed by atoms with Crippen molar-refractivity contribution < 1.29 is 8.78 Å². The van der Waals surface area contributed by atoms with Crippen molar-refractivity contribution >= 4 is 17.3 Å². The summed E-state index contributed by atoms with van der Waals surface area (Å²) in [7, 11) is 0. The number of hydrogen-bond acceptors (Lipinski definition) is 4. The molecule has 0 radical (unpaired) electrons. The van der Waals surface area contributed by atoms with Gasteiger partial charge in [0.1, 0.15) is 29.5 Å². The highest BCUT2D eigenvalue weighted by molar-refractivity contribution is 5.65. The van der Waals surface area contributed by atoms with Crippen molar-refractivity contribution in [2.75, 3.05) is 17.2 Å². The van der Waals surface area contributed by atoms with E-state index in [2.05, 4.69) is 20.6 Å². The minimum atomic E-state index is -0.654. The Hall–Kier alpha value is -2.24. The topological polar surface area (TPSA) is 49.8 Å². The first-order valence-corrected chi connectivity index (χ1v) is 6.81. The molecule has 21 heavy (non-hydrogen) atoms. The van der Waals surface area contributed by atoms with E-state index in [0.717, 1.165) is 13.0 Å². The van der Waals surface area contributed by atoms with Crippen LogP contribution in [0, 0.1) is 25.5 Å². The maximum Gasteiger partial charge on any atom is 0.152 e. The number of aryl methyl sites for hydroxylation is 1. The van der Waals surface area contributed by atoms with E-state index in [1.165, 1.54) is 18.5 Å². The number of aromatic nitrogens is 2. The molecule has 6 heteroatoms. The van der Waals surface area contributed by atoms with E-state index in [1.807, 2.05) is 6.92 Å². The molecule has 0 spiro atoms. The average molecular weight is 292 g/mol. The van der Waals surface area contributed by atoms with Gasteiger partial charge < -0.3 is 10.6 Å². The molecule has 112 valence electrons. The molecule has 2 aromatic rings. The number of nitrogens with one attached hydrogen (secondary N) is 2. The Kier molecular flexibility index (Phi) is 4.67. The van der Waals surface area contributed by atoms with Crippen molar-refractivity contribution in [1.82, 2.24) is 9.97 Å². The van der Waals surface area contributed by atoms with Crippen molar-refractivity contribution in [2.45, 2.75) is 27.2 Å². The molecule has 0 atom stereocenters. The lowest BCUT2D eigenvalue weighted by molar-refractivity contribution is 0.584. The highest BCUT2D eigenvalue weighted by atomic mass is 19.1. The second kappa shape index (κ2) is 6.47. The SMILES string of the molecule is CCCNc1ncnc(Nc2c(F)ccc(C)c2F)c1C. The van der Waals surface area contributed by atoms with Crippen molar-refractivity contribution in [3.05, 3.63) is 41.2 Å². The Morgan fingerprint density at radius 1 is 1.10 bits per heavy atom. The fourth-order valence-electron chi connectivity index (χ4n) is 1.89. The molecule has 1 heterocycles. The van der Waals surface area contributed by atoms with E-state index in [0.29, 0.717) is 22.8 Å². The van der Waals surface area contributed by atoms with Crippen molar-refractivity contribution in [2.24, 2.45) is 0 Å². The van der Waals surface area contributed by atoms with Crippen LogP contribution in [0.25, 0.3) is 0 Å². The summed E-state index contributed by atoms with van der Waals surface area (Å²) >= 11 is 0. The van der Waals surface area contributed by atoms with E-state index in [-0.39, 0.29) is 5.69 Å². The zero-order valence-corrected chi connectivity index (χ0v) is 12.3. The van der Waals surface area contributed by atoms with E-state index in [9.17, 15) is 8.78 Å². The molecule has 0 fully saturated rings. The maximum absolute atomic E-state index is 14.0. The van der Waals surface area contributed by atoms with E-state index in [4.69, 9.17) is 0 Å². The number of benzene rings is 1. The molecular weight excluding hydrogens is 274 g/mol. The van der Waals surface area contributed by atoms with Crippen LogP contribution in [-0.4, -0.2) is 16.5 Å². The van der Waals surface area contributed by atoms with E-state index in [1.54, 1.807) is 13.8 Å². The molecule has 0 aliphatic rings. The number of halogens is 2. The molecule has 2 N–H and O–H groups in total. The smallest absolute Gasteiger partial charge is 0.152 e. The van der Waals surface area contributed by atoms with Gasteiger partial charge in [-0.25, -0.2) is 18.7 Å². The summed E-state index contributed by atoms with van der Waals surface area (Å²) in [5.74, 6) is -0.231.